The van der Waals surface area contributed by atoms with Crippen LogP contribution in [0.3, 0.4) is 0 Å². The van der Waals surface area contributed by atoms with Crippen LogP contribution in [0.2, 0.25) is 0 Å². The zero-order chi connectivity index (χ0) is 15.8. The summed E-state index contributed by atoms with van der Waals surface area (Å²) in [5, 5.41) is 6.90. The first-order valence-corrected chi connectivity index (χ1v) is 7.45. The van der Waals surface area contributed by atoms with E-state index in [9.17, 15) is 0 Å². The smallest absolute Gasteiger partial charge is 0.170 e. The lowest BCUT2D eigenvalue weighted by atomic mass is 10.1. The monoisotopic (exact) mass is 316 g/mol. The minimum Gasteiger partial charge on any atom is -0.496 e. The number of anilines is 1. The zero-order valence-corrected chi connectivity index (χ0v) is 13.6. The highest BCUT2D eigenvalue weighted by Gasteiger charge is 2.05. The second-order valence-electron chi connectivity index (χ2n) is 4.64. The molecule has 5 heteroatoms. The standard InChI is InChI=1S/C17H20N2O2S/c1-20-15-9-5-3-7-13(15)11-12-18-17(22)19-14-8-4-6-10-16(14)21-2/h3-10H,11-12H2,1-2H3,(H2,18,19,22). The fourth-order valence-electron chi connectivity index (χ4n) is 2.13. The lowest BCUT2D eigenvalue weighted by Gasteiger charge is -2.14. The number of rotatable bonds is 6. The van der Waals surface area contributed by atoms with Gasteiger partial charge >= 0.3 is 0 Å². The van der Waals surface area contributed by atoms with Gasteiger partial charge in [0.1, 0.15) is 11.5 Å². The summed E-state index contributed by atoms with van der Waals surface area (Å²) in [5.74, 6) is 1.66. The van der Waals surface area contributed by atoms with Gasteiger partial charge in [-0.2, -0.15) is 0 Å². The van der Waals surface area contributed by atoms with E-state index in [-0.39, 0.29) is 0 Å². The van der Waals surface area contributed by atoms with Gasteiger partial charge < -0.3 is 20.1 Å². The highest BCUT2D eigenvalue weighted by Crippen LogP contribution is 2.22. The molecule has 0 aromatic heterocycles. The summed E-state index contributed by atoms with van der Waals surface area (Å²) in [4.78, 5) is 0. The molecule has 0 aliphatic rings. The van der Waals surface area contributed by atoms with Gasteiger partial charge in [-0.3, -0.25) is 0 Å². The van der Waals surface area contributed by atoms with Crippen molar-refractivity contribution in [1.29, 1.82) is 0 Å². The van der Waals surface area contributed by atoms with E-state index in [4.69, 9.17) is 21.7 Å². The largest absolute Gasteiger partial charge is 0.496 e. The molecule has 0 atom stereocenters. The summed E-state index contributed by atoms with van der Waals surface area (Å²) in [6.07, 6.45) is 0.831. The van der Waals surface area contributed by atoms with Crippen LogP contribution in [0.4, 0.5) is 5.69 Å². The van der Waals surface area contributed by atoms with Crippen LogP contribution < -0.4 is 20.1 Å². The second-order valence-corrected chi connectivity index (χ2v) is 5.05. The molecule has 0 fully saturated rings. The average molecular weight is 316 g/mol. The van der Waals surface area contributed by atoms with Crippen LogP contribution in [-0.4, -0.2) is 25.9 Å². The molecule has 0 heterocycles. The van der Waals surface area contributed by atoms with Gasteiger partial charge in [-0.25, -0.2) is 0 Å². The van der Waals surface area contributed by atoms with Gasteiger partial charge in [-0.05, 0) is 42.4 Å². The SMILES string of the molecule is COc1ccccc1CCNC(=S)Nc1ccccc1OC. The van der Waals surface area contributed by atoms with Crippen LogP contribution in [0.1, 0.15) is 5.56 Å². The molecular weight excluding hydrogens is 296 g/mol. The highest BCUT2D eigenvalue weighted by atomic mass is 32.1. The predicted molar refractivity (Wildman–Crippen MR) is 93.9 cm³/mol. The zero-order valence-electron chi connectivity index (χ0n) is 12.8. The summed E-state index contributed by atoms with van der Waals surface area (Å²) in [7, 11) is 3.32. The third kappa shape index (κ3) is 4.36. The molecule has 22 heavy (non-hydrogen) atoms. The van der Waals surface area contributed by atoms with Crippen LogP contribution in [0.5, 0.6) is 11.5 Å². The summed E-state index contributed by atoms with van der Waals surface area (Å²) >= 11 is 5.31. The Morgan fingerprint density at radius 1 is 0.955 bits per heavy atom. The molecule has 0 bridgehead atoms. The number of nitrogens with one attached hydrogen (secondary N) is 2. The fourth-order valence-corrected chi connectivity index (χ4v) is 2.35. The normalized spacial score (nSPS) is 9.91. The molecule has 0 unspecified atom stereocenters. The van der Waals surface area contributed by atoms with E-state index in [0.717, 1.165) is 35.7 Å². The third-order valence-corrected chi connectivity index (χ3v) is 3.47. The first-order valence-electron chi connectivity index (χ1n) is 7.04. The molecule has 0 saturated carbocycles. The van der Waals surface area contributed by atoms with Gasteiger partial charge in [0.15, 0.2) is 5.11 Å². The maximum Gasteiger partial charge on any atom is 0.170 e. The van der Waals surface area contributed by atoms with Crippen molar-refractivity contribution in [2.75, 3.05) is 26.1 Å². The average Bonchev–Trinajstić information content (AvgIpc) is 2.55. The van der Waals surface area contributed by atoms with Crippen molar-refractivity contribution < 1.29 is 9.47 Å². The number of hydrogen-bond donors (Lipinski definition) is 2. The maximum atomic E-state index is 5.34. The Kier molecular flexibility index (Phi) is 6.03. The van der Waals surface area contributed by atoms with Crippen molar-refractivity contribution >= 4 is 23.0 Å². The number of ether oxygens (including phenoxy) is 2. The Morgan fingerprint density at radius 3 is 2.32 bits per heavy atom. The fraction of sp³-hybridized carbons (Fsp3) is 0.235. The quantitative estimate of drug-likeness (QED) is 0.801. The molecule has 116 valence electrons. The van der Waals surface area contributed by atoms with Crippen LogP contribution in [0.15, 0.2) is 48.5 Å². The molecule has 0 aliphatic heterocycles. The van der Waals surface area contributed by atoms with E-state index in [1.54, 1.807) is 14.2 Å². The Bertz CT molecular complexity index is 632. The van der Waals surface area contributed by atoms with Crippen molar-refractivity contribution in [2.45, 2.75) is 6.42 Å². The third-order valence-electron chi connectivity index (χ3n) is 3.23. The van der Waals surface area contributed by atoms with E-state index in [0.29, 0.717) is 5.11 Å². The van der Waals surface area contributed by atoms with Crippen molar-refractivity contribution in [1.82, 2.24) is 5.32 Å². The van der Waals surface area contributed by atoms with Gasteiger partial charge in [0.2, 0.25) is 0 Å². The van der Waals surface area contributed by atoms with Crippen molar-refractivity contribution in [3.8, 4) is 11.5 Å². The van der Waals surface area contributed by atoms with E-state index in [1.807, 2.05) is 42.5 Å². The molecule has 0 spiro atoms. The Hall–Kier alpha value is -2.27. The lowest BCUT2D eigenvalue weighted by Crippen LogP contribution is -2.30. The molecule has 0 radical (unpaired) electrons. The molecule has 2 N–H and O–H groups in total. The molecule has 0 saturated heterocycles. The topological polar surface area (TPSA) is 42.5 Å². The minimum absolute atomic E-state index is 0.569. The van der Waals surface area contributed by atoms with Gasteiger partial charge in [-0.1, -0.05) is 30.3 Å². The van der Waals surface area contributed by atoms with Crippen LogP contribution in [0.25, 0.3) is 0 Å². The second kappa shape index (κ2) is 8.24. The summed E-state index contributed by atoms with van der Waals surface area (Å²) in [6.45, 7) is 0.724. The number of thiocarbonyl (C=S) groups is 1. The summed E-state index contributed by atoms with van der Waals surface area (Å²) in [5.41, 5.74) is 2.00. The maximum absolute atomic E-state index is 5.34. The van der Waals surface area contributed by atoms with E-state index in [2.05, 4.69) is 16.7 Å². The van der Waals surface area contributed by atoms with Crippen molar-refractivity contribution in [3.05, 3.63) is 54.1 Å². The summed E-state index contributed by atoms with van der Waals surface area (Å²) in [6, 6.07) is 15.6. The summed E-state index contributed by atoms with van der Waals surface area (Å²) < 4.78 is 10.6. The van der Waals surface area contributed by atoms with Crippen LogP contribution in [-0.2, 0) is 6.42 Å². The first kappa shape index (κ1) is 16.1. The van der Waals surface area contributed by atoms with Gasteiger partial charge in [0, 0.05) is 6.54 Å². The van der Waals surface area contributed by atoms with Gasteiger partial charge in [0.25, 0.3) is 0 Å². The highest BCUT2D eigenvalue weighted by molar-refractivity contribution is 7.80. The number of methoxy groups -OCH3 is 2. The van der Waals surface area contributed by atoms with Gasteiger partial charge in [-0.15, -0.1) is 0 Å². The molecule has 4 nitrogen and oxygen atoms in total. The van der Waals surface area contributed by atoms with Crippen LogP contribution in [0, 0.1) is 0 Å². The number of hydrogen-bond acceptors (Lipinski definition) is 3. The lowest BCUT2D eigenvalue weighted by molar-refractivity contribution is 0.409. The minimum atomic E-state index is 0.569. The first-order chi connectivity index (χ1) is 10.7. The van der Waals surface area contributed by atoms with Crippen molar-refractivity contribution in [2.24, 2.45) is 0 Å². The number of para-hydroxylation sites is 3. The predicted octanol–water partition coefficient (Wildman–Crippen LogP) is 3.23. The Balaban J connectivity index is 1.85. The Morgan fingerprint density at radius 2 is 1.59 bits per heavy atom. The molecule has 0 amide bonds. The van der Waals surface area contributed by atoms with Crippen molar-refractivity contribution in [3.63, 3.8) is 0 Å². The molecule has 2 rings (SSSR count). The Labute approximate surface area is 136 Å². The van der Waals surface area contributed by atoms with E-state index < -0.39 is 0 Å². The van der Waals surface area contributed by atoms with Gasteiger partial charge in [0.05, 0.1) is 19.9 Å². The molecule has 2 aromatic carbocycles. The van der Waals surface area contributed by atoms with Crippen LogP contribution >= 0.6 is 12.2 Å². The van der Waals surface area contributed by atoms with E-state index in [1.165, 1.54) is 0 Å². The van der Waals surface area contributed by atoms with E-state index >= 15 is 0 Å². The number of benzene rings is 2. The molecule has 2 aromatic rings. The molecular formula is C17H20N2O2S. The molecule has 0 aliphatic carbocycles.